The van der Waals surface area contributed by atoms with Gasteiger partial charge in [-0.3, -0.25) is 19.0 Å². The fraction of sp³-hybridized carbons (Fsp3) is 0.344. The van der Waals surface area contributed by atoms with Crippen molar-refractivity contribution < 1.29 is 37.1 Å². The summed E-state index contributed by atoms with van der Waals surface area (Å²) in [6.07, 6.45) is -1.35. The minimum atomic E-state index is -4.28. The van der Waals surface area contributed by atoms with Crippen LogP contribution in [0.15, 0.2) is 82.2 Å². The van der Waals surface area contributed by atoms with Gasteiger partial charge in [0.05, 0.1) is 36.4 Å². The molecule has 2 aliphatic heterocycles. The number of fused-ring (bicyclic) bond motifs is 1. The zero-order valence-electron chi connectivity index (χ0n) is 24.9. The van der Waals surface area contributed by atoms with Crippen LogP contribution in [0.3, 0.4) is 0 Å². The second-order valence-corrected chi connectivity index (χ2v) is 14.9. The highest BCUT2D eigenvalue weighted by atomic mass is 79.9. The third-order valence-corrected chi connectivity index (χ3v) is 11.2. The monoisotopic (exact) mass is 683 g/mol. The molecule has 0 bridgehead atoms. The molecule has 1 fully saturated rings. The average Bonchev–Trinajstić information content (AvgIpc) is 3.49. The normalized spacial score (nSPS) is 22.0. The van der Waals surface area contributed by atoms with Crippen molar-refractivity contribution in [1.29, 1.82) is 0 Å². The van der Waals surface area contributed by atoms with Gasteiger partial charge in [0.15, 0.2) is 0 Å². The number of carbonyl (C=O) groups is 3. The quantitative estimate of drug-likeness (QED) is 0.259. The van der Waals surface area contributed by atoms with Gasteiger partial charge in [-0.05, 0) is 56.7 Å². The molecule has 44 heavy (non-hydrogen) atoms. The van der Waals surface area contributed by atoms with Crippen molar-refractivity contribution in [1.82, 2.24) is 9.21 Å². The summed E-state index contributed by atoms with van der Waals surface area (Å²) < 4.78 is 35.7. The Labute approximate surface area is 265 Å². The van der Waals surface area contributed by atoms with Crippen molar-refractivity contribution >= 4 is 43.9 Å². The second kappa shape index (κ2) is 11.7. The van der Waals surface area contributed by atoms with Gasteiger partial charge in [-0.25, -0.2) is 8.42 Å². The number of ether oxygens (including phenoxy) is 1. The van der Waals surface area contributed by atoms with Crippen molar-refractivity contribution in [2.24, 2.45) is 0 Å². The van der Waals surface area contributed by atoms with Crippen molar-refractivity contribution in [3.8, 4) is 5.75 Å². The number of sulfonamides is 1. The fourth-order valence-electron chi connectivity index (χ4n) is 6.56. The molecule has 12 heteroatoms. The molecule has 3 amide bonds. The fourth-order valence-corrected chi connectivity index (χ4v) is 8.87. The number of rotatable bonds is 8. The molecule has 0 aliphatic carbocycles. The zero-order valence-corrected chi connectivity index (χ0v) is 27.3. The number of methoxy groups -OCH3 is 1. The highest BCUT2D eigenvalue weighted by Gasteiger charge is 2.59. The van der Waals surface area contributed by atoms with Gasteiger partial charge in [0.2, 0.25) is 10.0 Å². The molecule has 3 aromatic carbocycles. The maximum Gasteiger partial charge on any atom is 0.261 e. The maximum absolute atomic E-state index is 14.5. The predicted molar refractivity (Wildman–Crippen MR) is 164 cm³/mol. The van der Waals surface area contributed by atoms with Gasteiger partial charge in [-0.1, -0.05) is 58.4 Å². The Kier molecular flexibility index (Phi) is 8.49. The van der Waals surface area contributed by atoms with Gasteiger partial charge in [-0.2, -0.15) is 4.31 Å². The van der Waals surface area contributed by atoms with E-state index < -0.39 is 50.0 Å². The first-order valence-electron chi connectivity index (χ1n) is 14.2. The molecular formula is C32H34BrN3O7S. The number of likely N-dealkylation sites (tertiary alicyclic amines) is 1. The van der Waals surface area contributed by atoms with Crippen LogP contribution in [-0.4, -0.2) is 77.8 Å². The zero-order chi connectivity index (χ0) is 32.0. The Morgan fingerprint density at radius 3 is 2.16 bits per heavy atom. The van der Waals surface area contributed by atoms with Crippen molar-refractivity contribution in [3.63, 3.8) is 0 Å². The summed E-state index contributed by atoms with van der Waals surface area (Å²) in [7, 11) is -2.89. The van der Waals surface area contributed by atoms with E-state index in [1.807, 2.05) is 6.07 Å². The number of hydrogen-bond acceptors (Lipinski definition) is 7. The standard InChI is InChI=1S/C32H34BrN3O7S/c1-32(2,3)36(31(39)40)20-23(17-24(36)19-34-29(37)25-12-8-9-13-26(25)30(34)38)35(18-21-10-6-5-7-11-21)44(41,42)28-16-22(33)14-15-27(28)43-4/h5-16,23-24H,17-20H2,1-4H3/t23-,24-,36?/m1/s1. The molecule has 10 nitrogen and oxygen atoms in total. The molecule has 2 aliphatic rings. The van der Waals surface area contributed by atoms with Gasteiger partial charge in [-0.15, -0.1) is 0 Å². The minimum absolute atomic E-state index is 0.0412. The third-order valence-electron chi connectivity index (χ3n) is 8.76. The van der Waals surface area contributed by atoms with Crippen LogP contribution in [0.2, 0.25) is 0 Å². The highest BCUT2D eigenvalue weighted by molar-refractivity contribution is 9.10. The van der Waals surface area contributed by atoms with E-state index in [0.717, 1.165) is 4.90 Å². The first-order chi connectivity index (χ1) is 20.7. The average molecular weight is 685 g/mol. The van der Waals surface area contributed by atoms with E-state index >= 15 is 0 Å². The molecule has 5 rings (SSSR count). The molecule has 0 spiro atoms. The van der Waals surface area contributed by atoms with E-state index in [9.17, 15) is 27.9 Å². The number of imide groups is 1. The molecule has 2 heterocycles. The van der Waals surface area contributed by atoms with Gasteiger partial charge >= 0.3 is 0 Å². The van der Waals surface area contributed by atoms with Crippen molar-refractivity contribution in [2.75, 3.05) is 20.2 Å². The molecule has 232 valence electrons. The van der Waals surface area contributed by atoms with Crippen LogP contribution in [0, 0.1) is 0 Å². The Balaban J connectivity index is 1.61. The lowest BCUT2D eigenvalue weighted by atomic mass is 9.99. The largest absolute Gasteiger partial charge is 0.498 e. The van der Waals surface area contributed by atoms with Crippen LogP contribution in [-0.2, 0) is 16.6 Å². The molecule has 3 aromatic rings. The number of nitrogens with zero attached hydrogens (tertiary/aromatic N) is 3. The lowest BCUT2D eigenvalue weighted by Crippen LogP contribution is -2.72. The Bertz CT molecular complexity index is 1690. The Morgan fingerprint density at radius 1 is 1.02 bits per heavy atom. The van der Waals surface area contributed by atoms with Gasteiger partial charge < -0.3 is 14.6 Å². The smallest absolute Gasteiger partial charge is 0.261 e. The van der Waals surface area contributed by atoms with Crippen LogP contribution < -0.4 is 9.84 Å². The van der Waals surface area contributed by atoms with Gasteiger partial charge in [0, 0.05) is 17.4 Å². The first kappa shape index (κ1) is 31.8. The van der Waals surface area contributed by atoms with Crippen LogP contribution in [0.5, 0.6) is 5.75 Å². The third kappa shape index (κ3) is 5.33. The lowest BCUT2D eigenvalue weighted by Gasteiger charge is -2.49. The summed E-state index contributed by atoms with van der Waals surface area (Å²) in [4.78, 5) is 40.9. The summed E-state index contributed by atoms with van der Waals surface area (Å²) in [5.74, 6) is -0.873. The number of carboxylic acid groups (broad SMARTS) is 1. The summed E-state index contributed by atoms with van der Waals surface area (Å²) in [5, 5.41) is 13.2. The maximum atomic E-state index is 14.5. The Morgan fingerprint density at radius 2 is 1.61 bits per heavy atom. The molecule has 0 N–H and O–H groups in total. The van der Waals surface area contributed by atoms with E-state index in [-0.39, 0.29) is 47.8 Å². The topological polar surface area (TPSA) is 124 Å². The number of benzene rings is 3. The van der Waals surface area contributed by atoms with Crippen LogP contribution in [0.25, 0.3) is 0 Å². The molecule has 0 radical (unpaired) electrons. The number of quaternary nitrogens is 1. The predicted octanol–water partition coefficient (Wildman–Crippen LogP) is 4.04. The second-order valence-electron chi connectivity index (χ2n) is 12.1. The number of hydrogen-bond donors (Lipinski definition) is 0. The van der Waals surface area contributed by atoms with Crippen LogP contribution >= 0.6 is 15.9 Å². The summed E-state index contributed by atoms with van der Waals surface area (Å²) in [6.45, 7) is 4.84. The number of amides is 3. The van der Waals surface area contributed by atoms with E-state index in [0.29, 0.717) is 10.0 Å². The van der Waals surface area contributed by atoms with E-state index in [1.54, 1.807) is 81.4 Å². The number of carbonyl (C=O) groups excluding carboxylic acids is 3. The highest BCUT2D eigenvalue weighted by Crippen LogP contribution is 2.42. The van der Waals surface area contributed by atoms with Crippen molar-refractivity contribution in [2.45, 2.75) is 56.3 Å². The molecule has 1 saturated heterocycles. The summed E-state index contributed by atoms with van der Waals surface area (Å²) in [5.41, 5.74) is 0.233. The van der Waals surface area contributed by atoms with E-state index in [1.165, 1.54) is 17.5 Å². The van der Waals surface area contributed by atoms with Crippen LogP contribution in [0.4, 0.5) is 4.79 Å². The first-order valence-corrected chi connectivity index (χ1v) is 16.4. The SMILES string of the molecule is COc1ccc(Br)cc1S(=O)(=O)N(Cc1ccccc1)[C@@H]1C[C@H](CN2C(=O)c3ccccc3C2=O)[N+](C(=O)[O-])(C(C)(C)C)C1. The molecule has 0 saturated carbocycles. The molecule has 3 atom stereocenters. The molecule has 1 unspecified atom stereocenters. The number of halogens is 1. The summed E-state index contributed by atoms with van der Waals surface area (Å²) >= 11 is 3.37. The van der Waals surface area contributed by atoms with E-state index in [4.69, 9.17) is 4.74 Å². The van der Waals surface area contributed by atoms with Gasteiger partial charge in [0.25, 0.3) is 17.9 Å². The summed E-state index contributed by atoms with van der Waals surface area (Å²) in [6, 6.07) is 18.5. The Hall–Kier alpha value is -3.58. The van der Waals surface area contributed by atoms with Crippen molar-refractivity contribution in [3.05, 3.63) is 94.0 Å². The van der Waals surface area contributed by atoms with E-state index in [2.05, 4.69) is 15.9 Å². The lowest BCUT2D eigenvalue weighted by molar-refractivity contribution is -0.930. The van der Waals surface area contributed by atoms with Gasteiger partial charge in [0.1, 0.15) is 23.2 Å². The minimum Gasteiger partial charge on any atom is -0.498 e. The van der Waals surface area contributed by atoms with Crippen LogP contribution in [0.1, 0.15) is 53.5 Å². The molecular weight excluding hydrogens is 650 g/mol. The molecule has 0 aromatic heterocycles.